The number of nitrogens with one attached hydrogen (secondary N) is 1. The maximum absolute atomic E-state index is 11.6. The summed E-state index contributed by atoms with van der Waals surface area (Å²) >= 11 is 0. The Morgan fingerprint density at radius 3 is 2.95 bits per heavy atom. The average molecular weight is 297 g/mol. The van der Waals surface area contributed by atoms with Gasteiger partial charge in [-0.3, -0.25) is 4.79 Å². The third-order valence-corrected chi connectivity index (χ3v) is 3.31. The minimum absolute atomic E-state index is 0.0813. The molecule has 8 heteroatoms. The molecule has 3 heterocycles. The molecule has 1 aromatic carbocycles. The normalized spacial score (nSPS) is 12.6. The molecule has 110 valence electrons. The molecule has 1 aliphatic rings. The highest BCUT2D eigenvalue weighted by Gasteiger charge is 2.16. The Labute approximate surface area is 124 Å². The highest BCUT2D eigenvalue weighted by molar-refractivity contribution is 5.90. The van der Waals surface area contributed by atoms with E-state index in [0.29, 0.717) is 23.0 Å². The highest BCUT2D eigenvalue weighted by Crippen LogP contribution is 2.35. The van der Waals surface area contributed by atoms with E-state index in [1.54, 1.807) is 12.3 Å². The monoisotopic (exact) mass is 297 g/mol. The smallest absolute Gasteiger partial charge is 0.290 e. The number of aromatic nitrogens is 4. The molecular weight excluding hydrogens is 286 g/mol. The first-order chi connectivity index (χ1) is 10.7. The topological polar surface area (TPSA) is 90.6 Å². The molecule has 0 unspecified atom stereocenters. The largest absolute Gasteiger partial charge is 0.454 e. The van der Waals surface area contributed by atoms with E-state index in [1.807, 2.05) is 18.2 Å². The van der Waals surface area contributed by atoms with Crippen molar-refractivity contribution in [2.24, 2.45) is 0 Å². The van der Waals surface area contributed by atoms with Crippen LogP contribution in [0.15, 0.2) is 30.5 Å². The predicted octanol–water partition coefficient (Wildman–Crippen LogP) is 0.880. The van der Waals surface area contributed by atoms with Crippen molar-refractivity contribution in [1.29, 1.82) is 0 Å². The van der Waals surface area contributed by atoms with Gasteiger partial charge >= 0.3 is 0 Å². The molecule has 0 atom stereocenters. The molecule has 0 saturated heterocycles. The summed E-state index contributed by atoms with van der Waals surface area (Å²) in [6, 6.07) is 7.38. The lowest BCUT2D eigenvalue weighted by atomic mass is 10.1. The number of hydrogen-bond donors (Lipinski definition) is 1. The molecule has 1 aliphatic heterocycles. The van der Waals surface area contributed by atoms with Crippen LogP contribution < -0.4 is 14.8 Å². The lowest BCUT2D eigenvalue weighted by Gasteiger charge is -2.02. The van der Waals surface area contributed by atoms with Crippen molar-refractivity contribution in [1.82, 2.24) is 24.9 Å². The van der Waals surface area contributed by atoms with Gasteiger partial charge in [0.2, 0.25) is 12.6 Å². The van der Waals surface area contributed by atoms with Crippen LogP contribution in [0.3, 0.4) is 0 Å². The molecule has 0 spiro atoms. The summed E-state index contributed by atoms with van der Waals surface area (Å²) in [6.07, 6.45) is 1.71. The van der Waals surface area contributed by atoms with Crippen molar-refractivity contribution in [3.63, 3.8) is 0 Å². The third-order valence-electron chi connectivity index (χ3n) is 3.31. The van der Waals surface area contributed by atoms with Gasteiger partial charge in [-0.25, -0.2) is 9.50 Å². The Morgan fingerprint density at radius 2 is 2.09 bits per heavy atom. The quantitative estimate of drug-likeness (QED) is 0.755. The molecule has 0 bridgehead atoms. The summed E-state index contributed by atoms with van der Waals surface area (Å²) in [5, 5.41) is 6.54. The third kappa shape index (κ3) is 1.93. The summed E-state index contributed by atoms with van der Waals surface area (Å²) in [5.74, 6) is 1.49. The first-order valence-electron chi connectivity index (χ1n) is 6.60. The van der Waals surface area contributed by atoms with Crippen molar-refractivity contribution in [3.8, 4) is 22.8 Å². The zero-order valence-electron chi connectivity index (χ0n) is 11.6. The first-order valence-corrected chi connectivity index (χ1v) is 6.60. The van der Waals surface area contributed by atoms with Crippen LogP contribution in [0.5, 0.6) is 11.5 Å². The van der Waals surface area contributed by atoms with Crippen molar-refractivity contribution in [2.75, 3.05) is 13.8 Å². The Morgan fingerprint density at radius 1 is 1.23 bits per heavy atom. The minimum Gasteiger partial charge on any atom is -0.454 e. The summed E-state index contributed by atoms with van der Waals surface area (Å²) in [4.78, 5) is 20.1. The number of benzene rings is 1. The van der Waals surface area contributed by atoms with Gasteiger partial charge in [0.25, 0.3) is 11.7 Å². The number of nitrogens with zero attached hydrogens (tertiary/aromatic N) is 4. The number of hydrogen-bond acceptors (Lipinski definition) is 6. The van der Waals surface area contributed by atoms with E-state index in [1.165, 1.54) is 11.6 Å². The number of fused-ring (bicyclic) bond motifs is 2. The number of carbonyl (C=O) groups excluding carboxylic acids is 1. The van der Waals surface area contributed by atoms with E-state index in [-0.39, 0.29) is 18.5 Å². The molecule has 0 aliphatic carbocycles. The SMILES string of the molecule is CNC(=O)c1nc2nc(-c3ccc4c(c3)OCO4)ccn2n1. The van der Waals surface area contributed by atoms with Gasteiger partial charge in [0.1, 0.15) is 0 Å². The average Bonchev–Trinajstić information content (AvgIpc) is 3.18. The van der Waals surface area contributed by atoms with Crippen molar-refractivity contribution < 1.29 is 14.3 Å². The summed E-state index contributed by atoms with van der Waals surface area (Å²) in [7, 11) is 1.53. The number of carbonyl (C=O) groups is 1. The molecular formula is C14H11N5O3. The van der Waals surface area contributed by atoms with Crippen LogP contribution >= 0.6 is 0 Å². The lowest BCUT2D eigenvalue weighted by molar-refractivity contribution is 0.0953. The summed E-state index contributed by atoms with van der Waals surface area (Å²) < 4.78 is 12.1. The zero-order chi connectivity index (χ0) is 15.1. The number of amides is 1. The Hall–Kier alpha value is -3.16. The van der Waals surface area contributed by atoms with E-state index < -0.39 is 0 Å². The van der Waals surface area contributed by atoms with E-state index in [0.717, 1.165) is 5.56 Å². The van der Waals surface area contributed by atoms with Gasteiger partial charge in [-0.2, -0.15) is 4.98 Å². The molecule has 3 aromatic rings. The van der Waals surface area contributed by atoms with Crippen LogP contribution in [0.1, 0.15) is 10.6 Å². The molecule has 4 rings (SSSR count). The number of ether oxygens (including phenoxy) is 2. The van der Waals surface area contributed by atoms with Gasteiger partial charge in [-0.15, -0.1) is 5.10 Å². The Bertz CT molecular complexity index is 889. The Balaban J connectivity index is 1.77. The van der Waals surface area contributed by atoms with Crippen LogP contribution in [0, 0.1) is 0 Å². The number of rotatable bonds is 2. The Kier molecular flexibility index (Phi) is 2.68. The first kappa shape index (κ1) is 12.6. The maximum Gasteiger partial charge on any atom is 0.290 e. The second-order valence-corrected chi connectivity index (χ2v) is 4.64. The van der Waals surface area contributed by atoms with Crippen LogP contribution in [0.25, 0.3) is 17.0 Å². The van der Waals surface area contributed by atoms with Crippen molar-refractivity contribution >= 4 is 11.7 Å². The zero-order valence-corrected chi connectivity index (χ0v) is 11.6. The second-order valence-electron chi connectivity index (χ2n) is 4.64. The van der Waals surface area contributed by atoms with Crippen molar-refractivity contribution in [2.45, 2.75) is 0 Å². The molecule has 0 saturated carbocycles. The molecule has 0 radical (unpaired) electrons. The van der Waals surface area contributed by atoms with Gasteiger partial charge in [-0.05, 0) is 24.3 Å². The fraction of sp³-hybridized carbons (Fsp3) is 0.143. The van der Waals surface area contributed by atoms with Gasteiger partial charge < -0.3 is 14.8 Å². The van der Waals surface area contributed by atoms with Gasteiger partial charge in [0.15, 0.2) is 11.5 Å². The van der Waals surface area contributed by atoms with Crippen LogP contribution in [0.2, 0.25) is 0 Å². The summed E-state index contributed by atoms with van der Waals surface area (Å²) in [5.41, 5.74) is 1.58. The van der Waals surface area contributed by atoms with Gasteiger partial charge in [-0.1, -0.05) is 0 Å². The lowest BCUT2D eigenvalue weighted by Crippen LogP contribution is -2.19. The minimum atomic E-state index is -0.352. The molecule has 1 amide bonds. The van der Waals surface area contributed by atoms with Gasteiger partial charge in [0, 0.05) is 18.8 Å². The standard InChI is InChI=1S/C14H11N5O3/c1-15-13(20)12-17-14-16-9(4-5-19(14)18-12)8-2-3-10-11(6-8)22-7-21-10/h2-6H,7H2,1H3,(H,15,20). The van der Waals surface area contributed by atoms with Gasteiger partial charge in [0.05, 0.1) is 5.69 Å². The van der Waals surface area contributed by atoms with E-state index in [9.17, 15) is 4.79 Å². The fourth-order valence-corrected chi connectivity index (χ4v) is 2.20. The van der Waals surface area contributed by atoms with Crippen LogP contribution in [-0.4, -0.2) is 39.3 Å². The molecule has 2 aromatic heterocycles. The molecule has 0 fully saturated rings. The van der Waals surface area contributed by atoms with E-state index in [4.69, 9.17) is 9.47 Å². The second kappa shape index (κ2) is 4.69. The van der Waals surface area contributed by atoms with Crippen molar-refractivity contribution in [3.05, 3.63) is 36.3 Å². The maximum atomic E-state index is 11.6. The van der Waals surface area contributed by atoms with E-state index >= 15 is 0 Å². The predicted molar refractivity (Wildman–Crippen MR) is 75.7 cm³/mol. The fourth-order valence-electron chi connectivity index (χ4n) is 2.20. The highest BCUT2D eigenvalue weighted by atomic mass is 16.7. The molecule has 22 heavy (non-hydrogen) atoms. The molecule has 1 N–H and O–H groups in total. The van der Waals surface area contributed by atoms with Crippen LogP contribution in [0.4, 0.5) is 0 Å². The van der Waals surface area contributed by atoms with E-state index in [2.05, 4.69) is 20.4 Å². The summed E-state index contributed by atoms with van der Waals surface area (Å²) in [6.45, 7) is 0.227. The molecule has 8 nitrogen and oxygen atoms in total. The van der Waals surface area contributed by atoms with Crippen LogP contribution in [-0.2, 0) is 0 Å².